The highest BCUT2D eigenvalue weighted by atomic mass is 16.5. The van der Waals surface area contributed by atoms with Crippen LogP contribution < -0.4 is 5.32 Å². The zero-order valence-corrected chi connectivity index (χ0v) is 6.55. The Morgan fingerprint density at radius 2 is 2.60 bits per heavy atom. The van der Waals surface area contributed by atoms with Crippen molar-refractivity contribution in [2.45, 2.75) is 19.9 Å². The number of ether oxygens (including phenoxy) is 1. The second-order valence-corrected chi connectivity index (χ2v) is 2.44. The average Bonchev–Trinajstić information content (AvgIpc) is 2.31. The molecule has 10 heavy (non-hydrogen) atoms. The van der Waals surface area contributed by atoms with Gasteiger partial charge in [-0.3, -0.25) is 4.99 Å². The minimum absolute atomic E-state index is 0.426. The third-order valence-corrected chi connectivity index (χ3v) is 1.42. The van der Waals surface area contributed by atoms with Crippen molar-refractivity contribution in [3.8, 4) is 0 Å². The number of hydrogen-bond donors (Lipinski definition) is 1. The predicted octanol–water partition coefficient (Wildman–Crippen LogP) is 0.413. The molecule has 1 rings (SSSR count). The van der Waals surface area contributed by atoms with Crippen molar-refractivity contribution in [2.24, 2.45) is 4.99 Å². The molecule has 0 aromatic heterocycles. The van der Waals surface area contributed by atoms with E-state index in [1.807, 2.05) is 6.92 Å². The molecule has 0 radical (unpaired) electrons. The van der Waals surface area contributed by atoms with Crippen LogP contribution in [0.2, 0.25) is 0 Å². The highest BCUT2D eigenvalue weighted by molar-refractivity contribution is 5.85. The highest BCUT2D eigenvalue weighted by Crippen LogP contribution is 1.95. The first-order valence-electron chi connectivity index (χ1n) is 3.71. The zero-order chi connectivity index (χ0) is 7.40. The van der Waals surface area contributed by atoms with E-state index in [0.717, 1.165) is 19.0 Å². The molecule has 1 aliphatic heterocycles. The normalized spacial score (nSPS) is 24.2. The highest BCUT2D eigenvalue weighted by Gasteiger charge is 2.10. The van der Waals surface area contributed by atoms with Crippen molar-refractivity contribution in [1.82, 2.24) is 5.32 Å². The van der Waals surface area contributed by atoms with Crippen molar-refractivity contribution in [2.75, 3.05) is 19.8 Å². The van der Waals surface area contributed by atoms with Crippen LogP contribution in [-0.2, 0) is 4.74 Å². The van der Waals surface area contributed by atoms with Crippen LogP contribution >= 0.6 is 0 Å². The fourth-order valence-corrected chi connectivity index (χ4v) is 0.910. The second-order valence-electron chi connectivity index (χ2n) is 2.44. The minimum Gasteiger partial charge on any atom is -0.374 e. The Hall–Kier alpha value is -0.570. The van der Waals surface area contributed by atoms with Crippen LogP contribution in [0.4, 0.5) is 0 Å². The molecule has 0 bridgehead atoms. The Morgan fingerprint density at radius 3 is 3.10 bits per heavy atom. The predicted molar refractivity (Wildman–Crippen MR) is 41.4 cm³/mol. The standard InChI is InChI=1S/C7H14N2O/c1-3-10-5-7-8-4-6(2)9-7/h6H,3-5H2,1-2H3,(H,8,9). The first-order chi connectivity index (χ1) is 4.83. The minimum atomic E-state index is 0.426. The summed E-state index contributed by atoms with van der Waals surface area (Å²) in [6.45, 7) is 6.43. The summed E-state index contributed by atoms with van der Waals surface area (Å²) in [6.07, 6.45) is 0. The molecule has 1 aliphatic rings. The molecule has 0 fully saturated rings. The van der Waals surface area contributed by atoms with E-state index in [9.17, 15) is 0 Å². The number of hydrogen-bond acceptors (Lipinski definition) is 3. The molecule has 3 heteroatoms. The van der Waals surface area contributed by atoms with Gasteiger partial charge in [0.15, 0.2) is 0 Å². The molecule has 0 saturated heterocycles. The van der Waals surface area contributed by atoms with Gasteiger partial charge in [0.05, 0.1) is 6.04 Å². The molecule has 1 heterocycles. The maximum atomic E-state index is 5.17. The van der Waals surface area contributed by atoms with Gasteiger partial charge in [-0.05, 0) is 13.8 Å². The third-order valence-electron chi connectivity index (χ3n) is 1.42. The van der Waals surface area contributed by atoms with Crippen molar-refractivity contribution in [3.63, 3.8) is 0 Å². The van der Waals surface area contributed by atoms with E-state index in [1.54, 1.807) is 0 Å². The van der Waals surface area contributed by atoms with E-state index in [1.165, 1.54) is 0 Å². The largest absolute Gasteiger partial charge is 0.374 e. The van der Waals surface area contributed by atoms with Crippen LogP contribution in [0.5, 0.6) is 0 Å². The fraction of sp³-hybridized carbons (Fsp3) is 0.857. The summed E-state index contributed by atoms with van der Waals surface area (Å²) in [4.78, 5) is 4.31. The summed E-state index contributed by atoms with van der Waals surface area (Å²) >= 11 is 0. The average molecular weight is 142 g/mol. The van der Waals surface area contributed by atoms with Crippen molar-refractivity contribution in [3.05, 3.63) is 0 Å². The van der Waals surface area contributed by atoms with E-state index in [2.05, 4.69) is 17.2 Å². The maximum absolute atomic E-state index is 5.17. The number of amidine groups is 1. The summed E-state index contributed by atoms with van der Waals surface area (Å²) in [5.41, 5.74) is 0. The number of aliphatic imine (C=N–C) groups is 1. The maximum Gasteiger partial charge on any atom is 0.123 e. The van der Waals surface area contributed by atoms with Gasteiger partial charge in [-0.1, -0.05) is 0 Å². The molecular formula is C7H14N2O. The topological polar surface area (TPSA) is 33.6 Å². The zero-order valence-electron chi connectivity index (χ0n) is 6.55. The number of rotatable bonds is 3. The molecule has 0 aliphatic carbocycles. The van der Waals surface area contributed by atoms with E-state index >= 15 is 0 Å². The molecule has 0 amide bonds. The summed E-state index contributed by atoms with van der Waals surface area (Å²) in [5.74, 6) is 0.995. The van der Waals surface area contributed by atoms with Gasteiger partial charge in [-0.15, -0.1) is 0 Å². The molecule has 1 unspecified atom stereocenters. The molecule has 1 N–H and O–H groups in total. The van der Waals surface area contributed by atoms with Crippen LogP contribution in [-0.4, -0.2) is 31.6 Å². The van der Waals surface area contributed by atoms with E-state index < -0.39 is 0 Å². The van der Waals surface area contributed by atoms with Crippen LogP contribution in [0.25, 0.3) is 0 Å². The van der Waals surface area contributed by atoms with Crippen LogP contribution in [0.1, 0.15) is 13.8 Å². The lowest BCUT2D eigenvalue weighted by Crippen LogP contribution is -2.24. The van der Waals surface area contributed by atoms with Gasteiger partial charge in [0, 0.05) is 13.2 Å². The van der Waals surface area contributed by atoms with E-state index in [4.69, 9.17) is 4.74 Å². The molecule has 0 spiro atoms. The summed E-state index contributed by atoms with van der Waals surface area (Å²) in [7, 11) is 0. The van der Waals surface area contributed by atoms with Gasteiger partial charge >= 0.3 is 0 Å². The van der Waals surface area contributed by atoms with Crippen molar-refractivity contribution < 1.29 is 4.74 Å². The van der Waals surface area contributed by atoms with Gasteiger partial charge in [0.2, 0.25) is 0 Å². The van der Waals surface area contributed by atoms with Crippen molar-refractivity contribution >= 4 is 5.84 Å². The van der Waals surface area contributed by atoms with Crippen LogP contribution in [0.3, 0.4) is 0 Å². The molecule has 3 nitrogen and oxygen atoms in total. The van der Waals surface area contributed by atoms with Crippen LogP contribution in [0.15, 0.2) is 4.99 Å². The summed E-state index contributed by atoms with van der Waals surface area (Å²) in [5, 5.41) is 3.17. The SMILES string of the molecule is CCOCC1=NC(C)CN1. The summed E-state index contributed by atoms with van der Waals surface area (Å²) < 4.78 is 5.17. The van der Waals surface area contributed by atoms with Gasteiger partial charge in [-0.25, -0.2) is 0 Å². The lowest BCUT2D eigenvalue weighted by atomic mass is 10.4. The molecule has 1 atom stereocenters. The Labute approximate surface area is 61.5 Å². The van der Waals surface area contributed by atoms with Gasteiger partial charge < -0.3 is 10.1 Å². The van der Waals surface area contributed by atoms with Crippen LogP contribution in [0, 0.1) is 0 Å². The van der Waals surface area contributed by atoms with Gasteiger partial charge in [0.25, 0.3) is 0 Å². The number of nitrogens with zero attached hydrogens (tertiary/aromatic N) is 1. The van der Waals surface area contributed by atoms with E-state index in [-0.39, 0.29) is 0 Å². The Morgan fingerprint density at radius 1 is 1.80 bits per heavy atom. The first-order valence-corrected chi connectivity index (χ1v) is 3.71. The molecule has 0 aromatic carbocycles. The quantitative estimate of drug-likeness (QED) is 0.619. The smallest absolute Gasteiger partial charge is 0.123 e. The monoisotopic (exact) mass is 142 g/mol. The molecular weight excluding hydrogens is 128 g/mol. The first kappa shape index (κ1) is 7.54. The fourth-order valence-electron chi connectivity index (χ4n) is 0.910. The Bertz CT molecular complexity index is 134. The molecule has 0 saturated carbocycles. The Balaban J connectivity index is 2.22. The lowest BCUT2D eigenvalue weighted by molar-refractivity contribution is 0.186. The lowest BCUT2D eigenvalue weighted by Gasteiger charge is -1.99. The molecule has 58 valence electrons. The number of nitrogens with one attached hydrogen (secondary N) is 1. The van der Waals surface area contributed by atoms with Gasteiger partial charge in [-0.2, -0.15) is 0 Å². The second kappa shape index (κ2) is 3.56. The van der Waals surface area contributed by atoms with E-state index in [0.29, 0.717) is 12.6 Å². The van der Waals surface area contributed by atoms with Crippen molar-refractivity contribution in [1.29, 1.82) is 0 Å². The van der Waals surface area contributed by atoms with Gasteiger partial charge in [0.1, 0.15) is 12.4 Å². The Kier molecular flexibility index (Phi) is 2.68. The molecule has 0 aromatic rings. The summed E-state index contributed by atoms with van der Waals surface area (Å²) in [6, 6.07) is 0.426. The third kappa shape index (κ3) is 1.99.